The van der Waals surface area contributed by atoms with Crippen LogP contribution in [0.1, 0.15) is 47.8 Å². The first-order valence-electron chi connectivity index (χ1n) is 9.30. The van der Waals surface area contributed by atoms with Crippen molar-refractivity contribution in [3.8, 4) is 0 Å². The van der Waals surface area contributed by atoms with Gasteiger partial charge in [0, 0.05) is 6.54 Å². The van der Waals surface area contributed by atoms with Gasteiger partial charge < -0.3 is 4.74 Å². The second-order valence-electron chi connectivity index (χ2n) is 6.26. The smallest absolute Gasteiger partial charge is 0.367 e. The fourth-order valence-electron chi connectivity index (χ4n) is 2.51. The number of ether oxygens (including phenoxy) is 1. The summed E-state index contributed by atoms with van der Waals surface area (Å²) < 4.78 is 46.1. The lowest BCUT2D eigenvalue weighted by Gasteiger charge is -2.12. The van der Waals surface area contributed by atoms with Crippen molar-refractivity contribution in [3.05, 3.63) is 34.9 Å². The Morgan fingerprint density at radius 3 is 2.65 bits per heavy atom. The molecule has 0 bridgehead atoms. The molecule has 3 aromatic rings. The largest absolute Gasteiger partial charge is 0.433 e. The fourth-order valence-corrected chi connectivity index (χ4v) is 2.51. The summed E-state index contributed by atoms with van der Waals surface area (Å²) in [4.78, 5) is 17.6. The Balaban J connectivity index is 1.79. The lowest BCUT2D eigenvalue weighted by molar-refractivity contribution is -0.141. The number of carbonyl (C=O) groups is 1. The lowest BCUT2D eigenvalue weighted by atomic mass is 10.1. The van der Waals surface area contributed by atoms with Crippen molar-refractivity contribution in [1.82, 2.24) is 45.4 Å². The molecule has 0 spiro atoms. The number of tetrazole rings is 2. The number of pyridine rings is 1. The van der Waals surface area contributed by atoms with Gasteiger partial charge in [-0.2, -0.15) is 18.0 Å². The first-order chi connectivity index (χ1) is 14.8. The molecule has 12 nitrogen and oxygen atoms in total. The summed E-state index contributed by atoms with van der Waals surface area (Å²) in [6, 6.07) is 1.76. The average molecular weight is 440 g/mol. The predicted octanol–water partition coefficient (Wildman–Crippen LogP) is 1.47. The number of amides is 1. The van der Waals surface area contributed by atoms with E-state index in [9.17, 15) is 18.0 Å². The number of nitrogens with zero attached hydrogens (tertiary/aromatic N) is 9. The molecule has 166 valence electrons. The topological polar surface area (TPSA) is 138 Å². The van der Waals surface area contributed by atoms with Gasteiger partial charge >= 0.3 is 6.18 Å². The number of alkyl halides is 3. The van der Waals surface area contributed by atoms with Gasteiger partial charge in [-0.05, 0) is 41.1 Å². The summed E-state index contributed by atoms with van der Waals surface area (Å²) in [5.41, 5.74) is -1.46. The van der Waals surface area contributed by atoms with Crippen LogP contribution in [-0.4, -0.2) is 51.3 Å². The highest BCUT2D eigenvalue weighted by molar-refractivity contribution is 6.04. The summed E-state index contributed by atoms with van der Waals surface area (Å²) in [5.74, 6) is -0.403. The quantitative estimate of drug-likeness (QED) is 0.524. The van der Waals surface area contributed by atoms with Crippen LogP contribution in [0.15, 0.2) is 12.1 Å². The van der Waals surface area contributed by atoms with Crippen molar-refractivity contribution in [2.75, 3.05) is 5.32 Å². The molecule has 15 heteroatoms. The van der Waals surface area contributed by atoms with Gasteiger partial charge in [0.2, 0.25) is 5.95 Å². The number of rotatable bonds is 9. The molecular weight excluding hydrogens is 421 g/mol. The second-order valence-corrected chi connectivity index (χ2v) is 6.26. The maximum Gasteiger partial charge on any atom is 0.433 e. The number of halogens is 3. The summed E-state index contributed by atoms with van der Waals surface area (Å²) in [6.07, 6.45) is -3.97. The zero-order valence-corrected chi connectivity index (χ0v) is 16.7. The highest BCUT2D eigenvalue weighted by Gasteiger charge is 2.33. The van der Waals surface area contributed by atoms with E-state index < -0.39 is 17.8 Å². The van der Waals surface area contributed by atoms with Gasteiger partial charge in [-0.1, -0.05) is 12.0 Å². The Morgan fingerprint density at radius 2 is 1.97 bits per heavy atom. The van der Waals surface area contributed by atoms with E-state index in [1.54, 1.807) is 0 Å². The molecule has 3 heterocycles. The molecule has 0 saturated heterocycles. The van der Waals surface area contributed by atoms with Crippen LogP contribution < -0.4 is 5.32 Å². The summed E-state index contributed by atoms with van der Waals surface area (Å²) in [5, 5.41) is 25.0. The second kappa shape index (κ2) is 9.55. The molecule has 0 atom stereocenters. The minimum atomic E-state index is -4.68. The monoisotopic (exact) mass is 440 g/mol. The minimum Gasteiger partial charge on any atom is -0.367 e. The van der Waals surface area contributed by atoms with Gasteiger partial charge in [0.25, 0.3) is 5.91 Å². The van der Waals surface area contributed by atoms with E-state index in [0.29, 0.717) is 19.5 Å². The van der Waals surface area contributed by atoms with E-state index in [-0.39, 0.29) is 36.2 Å². The predicted molar refractivity (Wildman–Crippen MR) is 97.3 cm³/mol. The highest BCUT2D eigenvalue weighted by atomic mass is 19.4. The van der Waals surface area contributed by atoms with Crippen LogP contribution in [0.3, 0.4) is 0 Å². The average Bonchev–Trinajstić information content (AvgIpc) is 3.37. The Hall–Kier alpha value is -3.49. The summed E-state index contributed by atoms with van der Waals surface area (Å²) >= 11 is 0. The van der Waals surface area contributed by atoms with Crippen LogP contribution in [0.4, 0.5) is 19.1 Å². The molecule has 0 aliphatic carbocycles. The van der Waals surface area contributed by atoms with Gasteiger partial charge in [0.15, 0.2) is 5.82 Å². The van der Waals surface area contributed by atoms with Gasteiger partial charge in [0.1, 0.15) is 12.3 Å². The maximum atomic E-state index is 13.1. The molecule has 0 aromatic carbocycles. The molecule has 0 aliphatic heterocycles. The molecule has 3 rings (SSSR count). The van der Waals surface area contributed by atoms with Crippen LogP contribution in [0, 0.1) is 0 Å². The van der Waals surface area contributed by atoms with Crippen LogP contribution >= 0.6 is 0 Å². The first kappa shape index (κ1) is 22.2. The number of aromatic nitrogens is 9. The zero-order valence-electron chi connectivity index (χ0n) is 16.7. The van der Waals surface area contributed by atoms with E-state index in [1.807, 2.05) is 13.8 Å². The van der Waals surface area contributed by atoms with E-state index >= 15 is 0 Å². The Labute approximate surface area is 173 Å². The lowest BCUT2D eigenvalue weighted by Crippen LogP contribution is -2.20. The number of hydrogen-bond acceptors (Lipinski definition) is 9. The SMILES string of the molecule is CCCn1nnnc1NC(=O)c1ccc(C(F)(F)F)nc1COCc1nnn(CC)n1. The number of hydrogen-bond donors (Lipinski definition) is 1. The van der Waals surface area contributed by atoms with E-state index in [4.69, 9.17) is 4.74 Å². The molecule has 0 aliphatic rings. The van der Waals surface area contributed by atoms with Crippen molar-refractivity contribution >= 4 is 11.9 Å². The molecule has 0 unspecified atom stereocenters. The van der Waals surface area contributed by atoms with Crippen LogP contribution in [-0.2, 0) is 37.2 Å². The highest BCUT2D eigenvalue weighted by Crippen LogP contribution is 2.28. The third kappa shape index (κ3) is 5.56. The molecule has 3 aromatic heterocycles. The van der Waals surface area contributed by atoms with Gasteiger partial charge in [-0.15, -0.1) is 10.2 Å². The molecule has 0 fully saturated rings. The molecule has 0 saturated carbocycles. The summed E-state index contributed by atoms with van der Waals surface area (Å²) in [7, 11) is 0. The van der Waals surface area contributed by atoms with E-state index in [0.717, 1.165) is 12.1 Å². The Morgan fingerprint density at radius 1 is 1.16 bits per heavy atom. The van der Waals surface area contributed by atoms with Crippen molar-refractivity contribution < 1.29 is 22.7 Å². The number of carbonyl (C=O) groups excluding carboxylic acids is 1. The van der Waals surface area contributed by atoms with Gasteiger partial charge in [-0.25, -0.2) is 9.67 Å². The minimum absolute atomic E-state index is 0.0685. The number of anilines is 1. The van der Waals surface area contributed by atoms with Crippen molar-refractivity contribution in [2.24, 2.45) is 0 Å². The van der Waals surface area contributed by atoms with Crippen LogP contribution in [0.2, 0.25) is 0 Å². The number of aryl methyl sites for hydroxylation is 2. The molecule has 31 heavy (non-hydrogen) atoms. The van der Waals surface area contributed by atoms with Gasteiger partial charge in [0.05, 0.1) is 24.4 Å². The molecular formula is C16H19F3N10O2. The van der Waals surface area contributed by atoms with E-state index in [2.05, 4.69) is 41.2 Å². The van der Waals surface area contributed by atoms with Crippen LogP contribution in [0.5, 0.6) is 0 Å². The standard InChI is InChI=1S/C16H19F3N10O2/c1-3-7-28-15(23-25-27-28)21-14(30)10-5-6-12(16(17,18)19)20-11(10)8-31-9-13-22-26-29(4-2)24-13/h5-6H,3-4,7-9H2,1-2H3,(H,21,23,27,30). The van der Waals surface area contributed by atoms with Crippen molar-refractivity contribution in [2.45, 2.75) is 52.7 Å². The van der Waals surface area contributed by atoms with Crippen molar-refractivity contribution in [1.29, 1.82) is 0 Å². The molecule has 0 radical (unpaired) electrons. The fraction of sp³-hybridized carbons (Fsp3) is 0.500. The summed E-state index contributed by atoms with van der Waals surface area (Å²) in [6.45, 7) is 4.18. The van der Waals surface area contributed by atoms with E-state index in [1.165, 1.54) is 9.48 Å². The van der Waals surface area contributed by atoms with Crippen LogP contribution in [0.25, 0.3) is 0 Å². The molecule has 1 N–H and O–H groups in total. The zero-order chi connectivity index (χ0) is 22.4. The first-order valence-corrected chi connectivity index (χ1v) is 9.30. The third-order valence-electron chi connectivity index (χ3n) is 3.95. The van der Waals surface area contributed by atoms with Crippen molar-refractivity contribution in [3.63, 3.8) is 0 Å². The van der Waals surface area contributed by atoms with Gasteiger partial charge in [-0.3, -0.25) is 10.1 Å². The Kier molecular flexibility index (Phi) is 6.84. The normalized spacial score (nSPS) is 11.6. The number of nitrogens with one attached hydrogen (secondary N) is 1. The molecule has 1 amide bonds. The third-order valence-corrected chi connectivity index (χ3v) is 3.95. The maximum absolute atomic E-state index is 13.1. The Bertz CT molecular complexity index is 1030.